The monoisotopic (exact) mass is 219 g/mol. The topological polar surface area (TPSA) is 47.8 Å². The molecule has 2 rings (SSSR count). The number of halogens is 3. The number of hydrogen-bond donors (Lipinski definition) is 0. The van der Waals surface area contributed by atoms with Gasteiger partial charge in [-0.1, -0.05) is 5.21 Å². The number of hydrogen-bond acceptors (Lipinski definition) is 3. The Morgan fingerprint density at radius 1 is 1.47 bits per heavy atom. The van der Waals surface area contributed by atoms with Crippen LogP contribution in [0.4, 0.5) is 13.2 Å². The second-order valence-electron chi connectivity index (χ2n) is 3.56. The molecule has 82 valence electrons. The lowest BCUT2D eigenvalue weighted by atomic mass is 10.3. The van der Waals surface area contributed by atoms with Gasteiger partial charge in [-0.2, -0.15) is 13.2 Å². The Morgan fingerprint density at radius 2 is 2.13 bits per heavy atom. The molecule has 0 unspecified atom stereocenters. The van der Waals surface area contributed by atoms with E-state index in [1.807, 2.05) is 0 Å². The fraction of sp³-hybridized carbons (Fsp3) is 0.625. The van der Waals surface area contributed by atoms with Crippen molar-refractivity contribution >= 4 is 6.29 Å². The van der Waals surface area contributed by atoms with E-state index in [-0.39, 0.29) is 18.7 Å². The van der Waals surface area contributed by atoms with Crippen LogP contribution in [0.25, 0.3) is 0 Å². The van der Waals surface area contributed by atoms with Gasteiger partial charge in [-0.25, -0.2) is 4.68 Å². The zero-order valence-corrected chi connectivity index (χ0v) is 7.66. The molecule has 0 spiro atoms. The average Bonchev–Trinajstić information content (AvgIpc) is 2.81. The average molecular weight is 219 g/mol. The summed E-state index contributed by atoms with van der Waals surface area (Å²) in [5.41, 5.74) is -1.67. The number of alkyl halides is 3. The Hall–Kier alpha value is -1.40. The third-order valence-corrected chi connectivity index (χ3v) is 2.27. The third-order valence-electron chi connectivity index (χ3n) is 2.27. The predicted octanol–water partition coefficient (Wildman–Crippen LogP) is 1.52. The number of aldehydes is 1. The van der Waals surface area contributed by atoms with Crippen molar-refractivity contribution in [1.82, 2.24) is 15.0 Å². The van der Waals surface area contributed by atoms with Crippen molar-refractivity contribution < 1.29 is 18.0 Å². The molecule has 7 heteroatoms. The van der Waals surface area contributed by atoms with Crippen LogP contribution in [0.2, 0.25) is 0 Å². The van der Waals surface area contributed by atoms with Crippen LogP contribution >= 0.6 is 0 Å². The first-order valence-electron chi connectivity index (χ1n) is 4.48. The molecule has 0 radical (unpaired) electrons. The molecule has 0 N–H and O–H groups in total. The predicted molar refractivity (Wildman–Crippen MR) is 43.1 cm³/mol. The number of nitrogens with zero attached hydrogens (tertiary/aromatic N) is 3. The van der Waals surface area contributed by atoms with E-state index in [1.165, 1.54) is 0 Å². The maximum Gasteiger partial charge on any atom is 0.435 e. The first-order valence-corrected chi connectivity index (χ1v) is 4.48. The molecular formula is C8H8F3N3O. The van der Waals surface area contributed by atoms with Gasteiger partial charge in [0.15, 0.2) is 17.7 Å². The second kappa shape index (κ2) is 3.32. The van der Waals surface area contributed by atoms with E-state index in [0.717, 1.165) is 17.5 Å². The molecule has 1 aromatic heterocycles. The van der Waals surface area contributed by atoms with E-state index in [1.54, 1.807) is 0 Å². The summed E-state index contributed by atoms with van der Waals surface area (Å²) in [6, 6.07) is 0. The van der Waals surface area contributed by atoms with Gasteiger partial charge in [0.05, 0.1) is 0 Å². The number of carbonyl (C=O) groups is 1. The summed E-state index contributed by atoms with van der Waals surface area (Å²) in [5.74, 6) is 0.243. The second-order valence-corrected chi connectivity index (χ2v) is 3.56. The molecule has 0 saturated heterocycles. The zero-order chi connectivity index (χ0) is 11.1. The van der Waals surface area contributed by atoms with Crippen LogP contribution in [0.3, 0.4) is 0 Å². The van der Waals surface area contributed by atoms with Gasteiger partial charge in [0.25, 0.3) is 0 Å². The van der Waals surface area contributed by atoms with Crippen molar-refractivity contribution in [2.75, 3.05) is 0 Å². The molecule has 0 aliphatic heterocycles. The minimum Gasteiger partial charge on any atom is -0.296 e. The van der Waals surface area contributed by atoms with Crippen LogP contribution in [0.5, 0.6) is 0 Å². The van der Waals surface area contributed by atoms with Gasteiger partial charge in [0, 0.05) is 6.54 Å². The standard InChI is InChI=1S/C8H8F3N3O/c9-8(10,11)7-6(4-15)12-13-14(7)3-5-1-2-5/h4-5H,1-3H2. The molecule has 1 aliphatic rings. The fourth-order valence-electron chi connectivity index (χ4n) is 1.37. The summed E-state index contributed by atoms with van der Waals surface area (Å²) in [5, 5.41) is 6.56. The van der Waals surface area contributed by atoms with Crippen LogP contribution in [-0.2, 0) is 12.7 Å². The van der Waals surface area contributed by atoms with Crippen LogP contribution < -0.4 is 0 Å². The van der Waals surface area contributed by atoms with E-state index in [9.17, 15) is 18.0 Å². The highest BCUT2D eigenvalue weighted by Crippen LogP contribution is 2.35. The Kier molecular flexibility index (Phi) is 2.24. The highest BCUT2D eigenvalue weighted by Gasteiger charge is 2.40. The molecule has 0 aromatic carbocycles. The lowest BCUT2D eigenvalue weighted by Gasteiger charge is -2.08. The zero-order valence-electron chi connectivity index (χ0n) is 7.66. The van der Waals surface area contributed by atoms with E-state index in [2.05, 4.69) is 10.3 Å². The largest absolute Gasteiger partial charge is 0.435 e. The lowest BCUT2D eigenvalue weighted by Crippen LogP contribution is -2.17. The SMILES string of the molecule is O=Cc1nnn(CC2CC2)c1C(F)(F)F. The number of aromatic nitrogens is 3. The summed E-state index contributed by atoms with van der Waals surface area (Å²) >= 11 is 0. The molecule has 1 fully saturated rings. The highest BCUT2D eigenvalue weighted by atomic mass is 19.4. The Bertz CT molecular complexity index is 381. The minimum atomic E-state index is -4.57. The third kappa shape index (κ3) is 2.00. The molecule has 4 nitrogen and oxygen atoms in total. The number of carbonyl (C=O) groups excluding carboxylic acids is 1. The van der Waals surface area contributed by atoms with E-state index in [0.29, 0.717) is 0 Å². The van der Waals surface area contributed by atoms with Gasteiger partial charge in [-0.05, 0) is 18.8 Å². The Labute approximate surface area is 83.1 Å². The van der Waals surface area contributed by atoms with Crippen molar-refractivity contribution in [1.29, 1.82) is 0 Å². The van der Waals surface area contributed by atoms with Crippen molar-refractivity contribution in [3.05, 3.63) is 11.4 Å². The normalized spacial score (nSPS) is 16.7. The van der Waals surface area contributed by atoms with Gasteiger partial charge in [0.1, 0.15) is 0 Å². The van der Waals surface area contributed by atoms with Crippen molar-refractivity contribution in [3.8, 4) is 0 Å². The summed E-state index contributed by atoms with van der Waals surface area (Å²) < 4.78 is 38.4. The molecule has 1 aliphatic carbocycles. The minimum absolute atomic E-state index is 0.0826. The molecule has 15 heavy (non-hydrogen) atoms. The van der Waals surface area contributed by atoms with Gasteiger partial charge in [-0.15, -0.1) is 5.10 Å². The molecule has 1 heterocycles. The number of rotatable bonds is 3. The van der Waals surface area contributed by atoms with Crippen molar-refractivity contribution in [2.45, 2.75) is 25.6 Å². The molecule has 0 amide bonds. The first kappa shape index (κ1) is 10.1. The summed E-state index contributed by atoms with van der Waals surface area (Å²) in [6.45, 7) is 0.190. The first-order chi connectivity index (χ1) is 7.02. The molecule has 0 bridgehead atoms. The van der Waals surface area contributed by atoms with Crippen molar-refractivity contribution in [3.63, 3.8) is 0 Å². The van der Waals surface area contributed by atoms with Crippen LogP contribution in [-0.4, -0.2) is 21.3 Å². The smallest absolute Gasteiger partial charge is 0.296 e. The highest BCUT2D eigenvalue weighted by molar-refractivity contribution is 5.73. The van der Waals surface area contributed by atoms with Gasteiger partial charge in [-0.3, -0.25) is 4.79 Å². The maximum absolute atomic E-state index is 12.5. The summed E-state index contributed by atoms with van der Waals surface area (Å²) in [6.07, 6.45) is -2.67. The summed E-state index contributed by atoms with van der Waals surface area (Å²) in [4.78, 5) is 10.4. The van der Waals surface area contributed by atoms with E-state index >= 15 is 0 Å². The van der Waals surface area contributed by atoms with E-state index in [4.69, 9.17) is 0 Å². The molecular weight excluding hydrogens is 211 g/mol. The van der Waals surface area contributed by atoms with Crippen molar-refractivity contribution in [2.24, 2.45) is 5.92 Å². The maximum atomic E-state index is 12.5. The quantitative estimate of drug-likeness (QED) is 0.724. The lowest BCUT2D eigenvalue weighted by molar-refractivity contribution is -0.144. The summed E-state index contributed by atoms with van der Waals surface area (Å²) in [7, 11) is 0. The molecule has 1 aromatic rings. The molecule has 0 atom stereocenters. The Morgan fingerprint density at radius 3 is 2.60 bits per heavy atom. The van der Waals surface area contributed by atoms with Gasteiger partial charge >= 0.3 is 6.18 Å². The fourth-order valence-corrected chi connectivity index (χ4v) is 1.37. The van der Waals surface area contributed by atoms with E-state index < -0.39 is 17.6 Å². The van der Waals surface area contributed by atoms with Crippen LogP contribution in [0, 0.1) is 5.92 Å². The van der Waals surface area contributed by atoms with Crippen LogP contribution in [0.1, 0.15) is 29.0 Å². The van der Waals surface area contributed by atoms with Gasteiger partial charge in [0.2, 0.25) is 0 Å². The Balaban J connectivity index is 2.35. The molecule has 1 saturated carbocycles. The van der Waals surface area contributed by atoms with Crippen LogP contribution in [0.15, 0.2) is 0 Å². The van der Waals surface area contributed by atoms with Gasteiger partial charge < -0.3 is 0 Å².